The number of rotatable bonds is 0. The van der Waals surface area contributed by atoms with Crippen LogP contribution in [0, 0.1) is 22.7 Å². The molecule has 0 aromatic carbocycles. The van der Waals surface area contributed by atoms with Crippen molar-refractivity contribution in [2.45, 2.75) is 77.3 Å². The Morgan fingerprint density at radius 3 is 2.48 bits per heavy atom. The van der Waals surface area contributed by atoms with Crippen LogP contribution in [0.15, 0.2) is 11.1 Å². The third-order valence-corrected chi connectivity index (χ3v) is 8.24. The van der Waals surface area contributed by atoms with E-state index in [0.29, 0.717) is 37.9 Å². The van der Waals surface area contributed by atoms with Crippen molar-refractivity contribution in [1.82, 2.24) is 0 Å². The first-order chi connectivity index (χ1) is 11.5. The third kappa shape index (κ3) is 2.01. The fourth-order valence-corrected chi connectivity index (χ4v) is 6.18. The highest BCUT2D eigenvalue weighted by Gasteiger charge is 2.65. The van der Waals surface area contributed by atoms with Crippen LogP contribution >= 0.6 is 0 Å². The number of aliphatic hydroxyl groups is 3. The molecule has 2 saturated carbocycles. The number of fused-ring (bicyclic) bond motifs is 5. The van der Waals surface area contributed by atoms with E-state index >= 15 is 0 Å². The van der Waals surface area contributed by atoms with Gasteiger partial charge in [-0.25, -0.2) is 0 Å². The van der Waals surface area contributed by atoms with Crippen molar-refractivity contribution in [3.63, 3.8) is 0 Å². The summed E-state index contributed by atoms with van der Waals surface area (Å²) in [7, 11) is 0. The monoisotopic (exact) mass is 350 g/mol. The maximum absolute atomic E-state index is 13.4. The fourth-order valence-electron chi connectivity index (χ4n) is 6.18. The molecule has 140 valence electrons. The van der Waals surface area contributed by atoms with Crippen molar-refractivity contribution in [2.24, 2.45) is 22.7 Å². The standard InChI is InChI=1S/C20H30O5/c1-10-5-6-20(24)8-12-11-9-25-13(11)7-14(21)19(12,4)17(23)16(22)15(10)18(20,2)3/h11-14,16,21-22,24H,5-9H2,1-4H3/t11?,12?,13-,14?,16?,19+,20?/m1/s1. The molecule has 25 heavy (non-hydrogen) atoms. The van der Waals surface area contributed by atoms with Crippen LogP contribution in [0.1, 0.15) is 53.4 Å². The first-order valence-corrected chi connectivity index (χ1v) is 9.48. The molecule has 4 aliphatic rings. The number of allylic oxidation sites excluding steroid dienone is 1. The predicted molar refractivity (Wildman–Crippen MR) is 91.7 cm³/mol. The molecule has 1 heterocycles. The molecular weight excluding hydrogens is 320 g/mol. The van der Waals surface area contributed by atoms with E-state index in [2.05, 4.69) is 0 Å². The van der Waals surface area contributed by atoms with Crippen molar-refractivity contribution in [1.29, 1.82) is 0 Å². The Bertz CT molecular complexity index is 652. The minimum Gasteiger partial charge on any atom is -0.392 e. The number of aliphatic hydroxyl groups excluding tert-OH is 2. The smallest absolute Gasteiger partial charge is 0.174 e. The lowest BCUT2D eigenvalue weighted by Gasteiger charge is -2.61. The Kier molecular flexibility index (Phi) is 3.64. The van der Waals surface area contributed by atoms with Crippen LogP contribution in [-0.4, -0.2) is 51.6 Å². The number of hydrogen-bond donors (Lipinski definition) is 3. The maximum Gasteiger partial charge on any atom is 0.174 e. The van der Waals surface area contributed by atoms with Gasteiger partial charge >= 0.3 is 0 Å². The molecule has 1 aliphatic heterocycles. The summed E-state index contributed by atoms with van der Waals surface area (Å²) in [5.74, 6) is -0.305. The van der Waals surface area contributed by atoms with Gasteiger partial charge in [-0.15, -0.1) is 0 Å². The molecule has 0 aromatic rings. The molecule has 5 unspecified atom stereocenters. The largest absolute Gasteiger partial charge is 0.392 e. The number of carbonyl (C=O) groups is 1. The summed E-state index contributed by atoms with van der Waals surface area (Å²) < 4.78 is 5.61. The number of carbonyl (C=O) groups excluding carboxylic acids is 1. The van der Waals surface area contributed by atoms with E-state index in [9.17, 15) is 20.1 Å². The fraction of sp³-hybridized carbons (Fsp3) is 0.850. The Balaban J connectivity index is 1.90. The molecule has 0 spiro atoms. The SMILES string of the molecule is CC1=C2C(O)C(=O)[C@]3(C)C(O)C[C@H]4OCC4C3CC(O)(CC1)C2(C)C. The number of Topliss-reactive ketones (excluding diaryl/α,β-unsaturated/α-hetero) is 1. The van der Waals surface area contributed by atoms with Gasteiger partial charge in [0.25, 0.3) is 0 Å². The van der Waals surface area contributed by atoms with Gasteiger partial charge in [-0.1, -0.05) is 19.4 Å². The van der Waals surface area contributed by atoms with Gasteiger partial charge in [-0.2, -0.15) is 0 Å². The lowest BCUT2D eigenvalue weighted by atomic mass is 9.47. The van der Waals surface area contributed by atoms with Gasteiger partial charge < -0.3 is 20.1 Å². The van der Waals surface area contributed by atoms with Crippen LogP contribution in [0.4, 0.5) is 0 Å². The molecule has 3 N–H and O–H groups in total. The van der Waals surface area contributed by atoms with Crippen molar-refractivity contribution < 1.29 is 24.9 Å². The highest BCUT2D eigenvalue weighted by molar-refractivity contribution is 5.92. The predicted octanol–water partition coefficient (Wildman–Crippen LogP) is 1.59. The molecule has 0 aromatic heterocycles. The summed E-state index contributed by atoms with van der Waals surface area (Å²) >= 11 is 0. The Hall–Kier alpha value is -0.750. The summed E-state index contributed by atoms with van der Waals surface area (Å²) in [6.45, 7) is 8.19. The lowest BCUT2D eigenvalue weighted by molar-refractivity contribution is -0.241. The maximum atomic E-state index is 13.4. The summed E-state index contributed by atoms with van der Waals surface area (Å²) in [6.07, 6.45) is 0.0513. The topological polar surface area (TPSA) is 87.0 Å². The molecule has 7 atom stereocenters. The van der Waals surface area contributed by atoms with E-state index in [-0.39, 0.29) is 23.7 Å². The Labute approximate surface area is 149 Å². The van der Waals surface area contributed by atoms with Crippen LogP contribution in [0.5, 0.6) is 0 Å². The molecule has 4 rings (SSSR count). The second-order valence-corrected chi connectivity index (χ2v) is 9.50. The van der Waals surface area contributed by atoms with Crippen molar-refractivity contribution in [3.8, 4) is 0 Å². The van der Waals surface area contributed by atoms with Crippen molar-refractivity contribution in [3.05, 3.63) is 11.1 Å². The first-order valence-electron chi connectivity index (χ1n) is 9.48. The number of hydrogen-bond acceptors (Lipinski definition) is 5. The summed E-state index contributed by atoms with van der Waals surface area (Å²) in [5, 5.41) is 33.5. The van der Waals surface area contributed by atoms with Crippen molar-refractivity contribution in [2.75, 3.05) is 6.61 Å². The second kappa shape index (κ2) is 5.16. The van der Waals surface area contributed by atoms with Gasteiger partial charge in [0.15, 0.2) is 5.78 Å². The van der Waals surface area contributed by atoms with Crippen molar-refractivity contribution >= 4 is 5.78 Å². The quantitative estimate of drug-likeness (QED) is 0.578. The normalized spacial score (nSPS) is 51.8. The Morgan fingerprint density at radius 2 is 1.88 bits per heavy atom. The van der Waals surface area contributed by atoms with Crippen LogP contribution in [0.25, 0.3) is 0 Å². The molecule has 5 nitrogen and oxygen atoms in total. The van der Waals surface area contributed by atoms with Gasteiger partial charge in [0.05, 0.1) is 29.8 Å². The van der Waals surface area contributed by atoms with Gasteiger partial charge in [0, 0.05) is 17.8 Å². The number of ether oxygens (including phenoxy) is 1. The van der Waals surface area contributed by atoms with Crippen LogP contribution in [-0.2, 0) is 9.53 Å². The lowest BCUT2D eigenvalue weighted by Crippen LogP contribution is -2.68. The average Bonchev–Trinajstić information content (AvgIpc) is 2.51. The summed E-state index contributed by atoms with van der Waals surface area (Å²) in [5.41, 5.74) is -1.06. The molecule has 0 amide bonds. The molecular formula is C20H30O5. The van der Waals surface area contributed by atoms with Crippen LogP contribution in [0.2, 0.25) is 0 Å². The van der Waals surface area contributed by atoms with E-state index < -0.39 is 28.6 Å². The molecule has 5 heteroatoms. The van der Waals surface area contributed by atoms with E-state index in [1.54, 1.807) is 6.92 Å². The van der Waals surface area contributed by atoms with E-state index in [1.165, 1.54) is 0 Å². The molecule has 3 fully saturated rings. The second-order valence-electron chi connectivity index (χ2n) is 9.50. The average molecular weight is 350 g/mol. The van der Waals surface area contributed by atoms with E-state index in [0.717, 1.165) is 5.57 Å². The zero-order chi connectivity index (χ0) is 18.4. The summed E-state index contributed by atoms with van der Waals surface area (Å²) in [6, 6.07) is 0. The summed E-state index contributed by atoms with van der Waals surface area (Å²) in [4.78, 5) is 13.4. The minimum atomic E-state index is -1.26. The first kappa shape index (κ1) is 17.7. The zero-order valence-electron chi connectivity index (χ0n) is 15.6. The van der Waals surface area contributed by atoms with Gasteiger partial charge in [0.1, 0.15) is 6.10 Å². The Morgan fingerprint density at radius 1 is 1.20 bits per heavy atom. The number of ketones is 1. The van der Waals surface area contributed by atoms with E-state index in [4.69, 9.17) is 4.74 Å². The van der Waals surface area contributed by atoms with Gasteiger partial charge in [-0.05, 0) is 44.6 Å². The third-order valence-electron chi connectivity index (χ3n) is 8.24. The van der Waals surface area contributed by atoms with Crippen LogP contribution in [0.3, 0.4) is 0 Å². The molecule has 3 aliphatic carbocycles. The zero-order valence-corrected chi connectivity index (χ0v) is 15.6. The van der Waals surface area contributed by atoms with E-state index in [1.807, 2.05) is 20.8 Å². The highest BCUT2D eigenvalue weighted by Crippen LogP contribution is 2.60. The molecule has 0 radical (unpaired) electrons. The highest BCUT2D eigenvalue weighted by atomic mass is 16.5. The van der Waals surface area contributed by atoms with Crippen LogP contribution < -0.4 is 0 Å². The van der Waals surface area contributed by atoms with Gasteiger partial charge in [-0.3, -0.25) is 4.79 Å². The molecule has 1 saturated heterocycles. The molecule has 2 bridgehead atoms. The van der Waals surface area contributed by atoms with Gasteiger partial charge in [0.2, 0.25) is 0 Å². The minimum absolute atomic E-state index is 0.0375.